The van der Waals surface area contributed by atoms with Gasteiger partial charge in [0.25, 0.3) is 10.0 Å². The Morgan fingerprint density at radius 2 is 1.41 bits per heavy atom. The molecule has 1 N–H and O–H groups in total. The van der Waals surface area contributed by atoms with Gasteiger partial charge in [-0.25, -0.2) is 8.42 Å². The van der Waals surface area contributed by atoms with Crippen LogP contribution < -0.4 is 9.62 Å². The predicted octanol–water partition coefficient (Wildman–Crippen LogP) is 4.17. The van der Waals surface area contributed by atoms with E-state index in [1.807, 2.05) is 51.1 Å². The van der Waals surface area contributed by atoms with E-state index in [0.717, 1.165) is 15.4 Å². The monoisotopic (exact) mass is 521 g/mol. The Hall–Kier alpha value is -3.65. The summed E-state index contributed by atoms with van der Waals surface area (Å²) in [6.07, 6.45) is 0.530. The van der Waals surface area contributed by atoms with Crippen LogP contribution in [0.1, 0.15) is 31.9 Å². The summed E-state index contributed by atoms with van der Waals surface area (Å²) < 4.78 is 28.5. The van der Waals surface area contributed by atoms with Gasteiger partial charge in [0.15, 0.2) is 0 Å². The standard InChI is InChI=1S/C29H35N3O4S/c1-22(2)30-29(34)24(4)31(20-19-25-11-7-5-8-12-25)28(33)21-32(26-17-15-23(3)16-18-26)37(35,36)27-13-9-6-10-14-27/h5-18,22,24H,19-21H2,1-4H3,(H,30,34)/t24-/m1/s1. The first-order valence-corrected chi connectivity index (χ1v) is 13.8. The molecule has 0 saturated carbocycles. The van der Waals surface area contributed by atoms with Crippen LogP contribution in [0.4, 0.5) is 5.69 Å². The van der Waals surface area contributed by atoms with Crippen molar-refractivity contribution in [1.82, 2.24) is 10.2 Å². The molecule has 0 unspecified atom stereocenters. The molecule has 0 aliphatic carbocycles. The van der Waals surface area contributed by atoms with Crippen LogP contribution in [0.25, 0.3) is 0 Å². The Bertz CT molecular complexity index is 1280. The number of nitrogens with one attached hydrogen (secondary N) is 1. The van der Waals surface area contributed by atoms with Gasteiger partial charge in [0, 0.05) is 12.6 Å². The van der Waals surface area contributed by atoms with E-state index in [2.05, 4.69) is 5.32 Å². The topological polar surface area (TPSA) is 86.8 Å². The molecule has 0 aromatic heterocycles. The number of hydrogen-bond acceptors (Lipinski definition) is 4. The maximum Gasteiger partial charge on any atom is 0.264 e. The Morgan fingerprint density at radius 3 is 1.97 bits per heavy atom. The van der Waals surface area contributed by atoms with Crippen molar-refractivity contribution in [2.24, 2.45) is 0 Å². The lowest BCUT2D eigenvalue weighted by molar-refractivity contribution is -0.139. The van der Waals surface area contributed by atoms with Crippen LogP contribution in [0.2, 0.25) is 0 Å². The van der Waals surface area contributed by atoms with Gasteiger partial charge in [-0.2, -0.15) is 0 Å². The molecule has 3 rings (SSSR count). The smallest absolute Gasteiger partial charge is 0.264 e. The third kappa shape index (κ3) is 7.43. The minimum absolute atomic E-state index is 0.0878. The summed E-state index contributed by atoms with van der Waals surface area (Å²) in [5.41, 5.74) is 2.37. The second-order valence-electron chi connectivity index (χ2n) is 9.32. The highest BCUT2D eigenvalue weighted by molar-refractivity contribution is 7.92. The summed E-state index contributed by atoms with van der Waals surface area (Å²) in [5.74, 6) is -0.744. The summed E-state index contributed by atoms with van der Waals surface area (Å²) in [7, 11) is -4.04. The van der Waals surface area contributed by atoms with Gasteiger partial charge in [0.1, 0.15) is 12.6 Å². The zero-order valence-corrected chi connectivity index (χ0v) is 22.6. The number of hydrogen-bond donors (Lipinski definition) is 1. The summed E-state index contributed by atoms with van der Waals surface area (Å²) >= 11 is 0. The van der Waals surface area contributed by atoms with Crippen molar-refractivity contribution in [2.45, 2.75) is 51.1 Å². The Morgan fingerprint density at radius 1 is 0.838 bits per heavy atom. The van der Waals surface area contributed by atoms with Crippen LogP contribution in [0, 0.1) is 6.92 Å². The fraction of sp³-hybridized carbons (Fsp3) is 0.310. The molecule has 0 saturated heterocycles. The third-order valence-corrected chi connectivity index (χ3v) is 7.80. The number of benzene rings is 3. The molecular weight excluding hydrogens is 486 g/mol. The van der Waals surface area contributed by atoms with Crippen LogP contribution in [0.5, 0.6) is 0 Å². The Labute approximate surface area is 220 Å². The fourth-order valence-electron chi connectivity index (χ4n) is 3.93. The number of anilines is 1. The largest absolute Gasteiger partial charge is 0.352 e. The van der Waals surface area contributed by atoms with Gasteiger partial charge >= 0.3 is 0 Å². The van der Waals surface area contributed by atoms with Crippen LogP contribution in [0.15, 0.2) is 89.8 Å². The van der Waals surface area contributed by atoms with Crippen molar-refractivity contribution in [1.29, 1.82) is 0 Å². The molecule has 0 bridgehead atoms. The lowest BCUT2D eigenvalue weighted by atomic mass is 10.1. The van der Waals surface area contributed by atoms with Gasteiger partial charge in [0.05, 0.1) is 10.6 Å². The first kappa shape index (κ1) is 27.9. The molecule has 37 heavy (non-hydrogen) atoms. The zero-order chi connectivity index (χ0) is 27.0. The number of amides is 2. The van der Waals surface area contributed by atoms with E-state index < -0.39 is 28.5 Å². The number of sulfonamides is 1. The van der Waals surface area contributed by atoms with Crippen molar-refractivity contribution in [2.75, 3.05) is 17.4 Å². The highest BCUT2D eigenvalue weighted by atomic mass is 32.2. The van der Waals surface area contributed by atoms with Gasteiger partial charge < -0.3 is 10.2 Å². The van der Waals surface area contributed by atoms with Gasteiger partial charge in [-0.05, 0) is 63.9 Å². The zero-order valence-electron chi connectivity index (χ0n) is 21.8. The molecule has 3 aromatic rings. The van der Waals surface area contributed by atoms with Crippen molar-refractivity contribution in [3.05, 3.63) is 96.1 Å². The molecule has 0 aliphatic rings. The number of carbonyl (C=O) groups is 2. The molecule has 1 atom stereocenters. The van der Waals surface area contributed by atoms with E-state index in [4.69, 9.17) is 0 Å². The van der Waals surface area contributed by atoms with Crippen LogP contribution >= 0.6 is 0 Å². The average Bonchev–Trinajstić information content (AvgIpc) is 2.88. The van der Waals surface area contributed by atoms with E-state index >= 15 is 0 Å². The fourth-order valence-corrected chi connectivity index (χ4v) is 5.37. The molecule has 0 radical (unpaired) electrons. The molecule has 8 heteroatoms. The quantitative estimate of drug-likeness (QED) is 0.410. The lowest BCUT2D eigenvalue weighted by Crippen LogP contribution is -2.53. The van der Waals surface area contributed by atoms with Crippen LogP contribution in [-0.4, -0.2) is 50.3 Å². The van der Waals surface area contributed by atoms with Crippen molar-refractivity contribution in [3.8, 4) is 0 Å². The molecule has 0 aliphatic heterocycles. The number of aryl methyl sites for hydroxylation is 1. The minimum atomic E-state index is -4.04. The Kier molecular flexibility index (Phi) is 9.47. The number of nitrogens with zero attached hydrogens (tertiary/aromatic N) is 2. The maximum atomic E-state index is 13.8. The SMILES string of the molecule is Cc1ccc(N(CC(=O)N(CCc2ccccc2)[C@H](C)C(=O)NC(C)C)S(=O)(=O)c2ccccc2)cc1. The van der Waals surface area contributed by atoms with Crippen molar-refractivity contribution < 1.29 is 18.0 Å². The normalized spacial score (nSPS) is 12.1. The lowest BCUT2D eigenvalue weighted by Gasteiger charge is -2.32. The molecule has 3 aromatic carbocycles. The van der Waals surface area contributed by atoms with Gasteiger partial charge in [-0.15, -0.1) is 0 Å². The molecule has 7 nitrogen and oxygen atoms in total. The van der Waals surface area contributed by atoms with E-state index in [0.29, 0.717) is 12.1 Å². The van der Waals surface area contributed by atoms with E-state index in [-0.39, 0.29) is 23.4 Å². The van der Waals surface area contributed by atoms with Crippen LogP contribution in [0.3, 0.4) is 0 Å². The first-order valence-electron chi connectivity index (χ1n) is 12.4. The second kappa shape index (κ2) is 12.5. The summed E-state index contributed by atoms with van der Waals surface area (Å²) in [5, 5.41) is 2.86. The van der Waals surface area contributed by atoms with Crippen molar-refractivity contribution >= 4 is 27.5 Å². The molecule has 2 amide bonds. The summed E-state index contributed by atoms with van der Waals surface area (Å²) in [4.78, 5) is 28.2. The second-order valence-corrected chi connectivity index (χ2v) is 11.2. The van der Waals surface area contributed by atoms with Crippen LogP contribution in [-0.2, 0) is 26.0 Å². The summed E-state index contributed by atoms with van der Waals surface area (Å²) in [6.45, 7) is 7.11. The van der Waals surface area contributed by atoms with Gasteiger partial charge in [0.2, 0.25) is 11.8 Å². The van der Waals surface area contributed by atoms with E-state index in [1.165, 1.54) is 17.0 Å². The Balaban J connectivity index is 1.95. The molecular formula is C29H35N3O4S. The molecule has 0 heterocycles. The molecule has 196 valence electrons. The third-order valence-electron chi connectivity index (χ3n) is 6.01. The van der Waals surface area contributed by atoms with E-state index in [1.54, 1.807) is 49.4 Å². The first-order chi connectivity index (χ1) is 17.6. The van der Waals surface area contributed by atoms with Gasteiger partial charge in [-0.3, -0.25) is 13.9 Å². The molecule has 0 fully saturated rings. The summed E-state index contributed by atoms with van der Waals surface area (Å²) in [6, 6.07) is 23.8. The predicted molar refractivity (Wildman–Crippen MR) is 147 cm³/mol. The number of carbonyl (C=O) groups excluding carboxylic acids is 2. The highest BCUT2D eigenvalue weighted by Crippen LogP contribution is 2.24. The van der Waals surface area contributed by atoms with E-state index in [9.17, 15) is 18.0 Å². The number of rotatable bonds is 11. The minimum Gasteiger partial charge on any atom is -0.352 e. The van der Waals surface area contributed by atoms with Crippen molar-refractivity contribution in [3.63, 3.8) is 0 Å². The molecule has 0 spiro atoms. The van der Waals surface area contributed by atoms with Gasteiger partial charge in [-0.1, -0.05) is 66.2 Å². The maximum absolute atomic E-state index is 13.8. The highest BCUT2D eigenvalue weighted by Gasteiger charge is 2.32. The average molecular weight is 522 g/mol.